The molecule has 0 N–H and O–H groups in total. The molecule has 0 aliphatic heterocycles. The summed E-state index contributed by atoms with van der Waals surface area (Å²) in [7, 11) is 0. The molecule has 0 radical (unpaired) electrons. The Bertz CT molecular complexity index is 1140. The number of para-hydroxylation sites is 1. The lowest BCUT2D eigenvalue weighted by atomic mass is 9.87. The number of nitrogens with zero attached hydrogens (tertiary/aromatic N) is 3. The summed E-state index contributed by atoms with van der Waals surface area (Å²) in [5.41, 5.74) is 3.32. The maximum absolute atomic E-state index is 6.27. The van der Waals surface area contributed by atoms with E-state index in [0.717, 1.165) is 41.7 Å². The van der Waals surface area contributed by atoms with Crippen molar-refractivity contribution in [1.29, 1.82) is 0 Å². The number of hydrogen-bond acceptors (Lipinski definition) is 4. The zero-order chi connectivity index (χ0) is 22.7. The summed E-state index contributed by atoms with van der Waals surface area (Å²) in [6.07, 6.45) is 7.63. The maximum Gasteiger partial charge on any atom is 0.230 e. The van der Waals surface area contributed by atoms with E-state index in [4.69, 9.17) is 14.7 Å². The minimum absolute atomic E-state index is 0.107. The highest BCUT2D eigenvalue weighted by atomic mass is 16.5. The third-order valence-corrected chi connectivity index (χ3v) is 6.12. The first-order valence-corrected chi connectivity index (χ1v) is 11.6. The molecule has 1 aliphatic carbocycles. The van der Waals surface area contributed by atoms with Gasteiger partial charge in [-0.15, -0.1) is 0 Å². The van der Waals surface area contributed by atoms with Crippen LogP contribution in [-0.4, -0.2) is 34.0 Å². The van der Waals surface area contributed by atoms with Gasteiger partial charge >= 0.3 is 0 Å². The number of benzene rings is 2. The van der Waals surface area contributed by atoms with Crippen LogP contribution in [0.4, 0.5) is 0 Å². The second-order valence-corrected chi connectivity index (χ2v) is 9.29. The number of hydrogen-bond donors (Lipinski definition) is 0. The highest BCUT2D eigenvalue weighted by molar-refractivity contribution is 5.86. The van der Waals surface area contributed by atoms with E-state index in [9.17, 15) is 0 Å². The first-order chi connectivity index (χ1) is 15.4. The Kier molecular flexibility index (Phi) is 6.43. The first-order valence-electron chi connectivity index (χ1n) is 11.6. The summed E-state index contributed by atoms with van der Waals surface area (Å²) in [6.45, 7) is 13.2. The van der Waals surface area contributed by atoms with Crippen molar-refractivity contribution in [1.82, 2.24) is 14.9 Å². The van der Waals surface area contributed by atoms with Crippen molar-refractivity contribution in [2.24, 2.45) is 0 Å². The molecule has 2 aromatic carbocycles. The summed E-state index contributed by atoms with van der Waals surface area (Å²) in [4.78, 5) is 12.1. The van der Waals surface area contributed by atoms with E-state index in [-0.39, 0.29) is 5.41 Å². The van der Waals surface area contributed by atoms with Crippen molar-refractivity contribution in [3.63, 3.8) is 0 Å². The van der Waals surface area contributed by atoms with E-state index in [1.54, 1.807) is 0 Å². The first kappa shape index (κ1) is 22.2. The molecule has 3 aromatic rings. The van der Waals surface area contributed by atoms with Gasteiger partial charge in [0.25, 0.3) is 0 Å². The zero-order valence-electron chi connectivity index (χ0n) is 19.8. The summed E-state index contributed by atoms with van der Waals surface area (Å²) >= 11 is 0. The van der Waals surface area contributed by atoms with Gasteiger partial charge in [-0.2, -0.15) is 4.98 Å². The van der Waals surface area contributed by atoms with E-state index >= 15 is 0 Å². The number of allylic oxidation sites excluding steroid dienone is 2. The molecule has 4 rings (SSSR count). The molecule has 4 nitrogen and oxygen atoms in total. The van der Waals surface area contributed by atoms with Gasteiger partial charge in [0.1, 0.15) is 5.75 Å². The van der Waals surface area contributed by atoms with Crippen molar-refractivity contribution in [3.8, 4) is 11.6 Å². The number of ether oxygens (including phenoxy) is 1. The standard InChI is InChI=1S/C28H33N3O/c1-6-31(7-2)22-16-12-20(13-17-22)26-29-25-11-9-8-10-24(25)27(30-26)32-23-18-14-21(15-19-23)28(3,4)5/h8-16,18-19,22H,6-7,17H2,1-5H3. The molecular weight excluding hydrogens is 394 g/mol. The Morgan fingerprint density at radius 2 is 1.69 bits per heavy atom. The Morgan fingerprint density at radius 3 is 2.31 bits per heavy atom. The number of fused-ring (bicyclic) bond motifs is 1. The van der Waals surface area contributed by atoms with Crippen LogP contribution in [0.1, 0.15) is 52.4 Å². The van der Waals surface area contributed by atoms with Gasteiger partial charge in [-0.3, -0.25) is 4.90 Å². The zero-order valence-corrected chi connectivity index (χ0v) is 19.8. The molecule has 1 unspecified atom stereocenters. The highest BCUT2D eigenvalue weighted by Gasteiger charge is 2.18. The molecule has 0 spiro atoms. The number of rotatable bonds is 6. The van der Waals surface area contributed by atoms with Crippen LogP contribution < -0.4 is 4.74 Å². The van der Waals surface area contributed by atoms with Crippen molar-refractivity contribution >= 4 is 16.5 Å². The minimum atomic E-state index is 0.107. The molecule has 4 heteroatoms. The van der Waals surface area contributed by atoms with Crippen LogP contribution in [0, 0.1) is 0 Å². The van der Waals surface area contributed by atoms with Crippen LogP contribution in [-0.2, 0) is 5.41 Å². The summed E-state index contributed by atoms with van der Waals surface area (Å²) in [5.74, 6) is 2.08. The SMILES string of the molecule is CCN(CC)C1C=CC(c2nc(Oc3ccc(C(C)(C)C)cc3)c3ccccc3n2)=CC1. The quantitative estimate of drug-likeness (QED) is 0.435. The molecule has 0 saturated carbocycles. The number of likely N-dealkylation sites (N-methyl/N-ethyl adjacent to an activating group) is 1. The largest absolute Gasteiger partial charge is 0.438 e. The average molecular weight is 428 g/mol. The van der Waals surface area contributed by atoms with Crippen molar-refractivity contribution < 1.29 is 4.74 Å². The Balaban J connectivity index is 1.65. The fraction of sp³-hybridized carbons (Fsp3) is 0.357. The van der Waals surface area contributed by atoms with Gasteiger partial charge in [-0.05, 0) is 54.8 Å². The molecule has 1 aliphatic rings. The lowest BCUT2D eigenvalue weighted by Crippen LogP contribution is -2.33. The van der Waals surface area contributed by atoms with E-state index < -0.39 is 0 Å². The topological polar surface area (TPSA) is 38.2 Å². The van der Waals surface area contributed by atoms with Crippen LogP contribution in [0.5, 0.6) is 11.6 Å². The lowest BCUT2D eigenvalue weighted by Gasteiger charge is -2.28. The molecule has 32 heavy (non-hydrogen) atoms. The Hall–Kier alpha value is -2.98. The molecule has 1 aromatic heterocycles. The van der Waals surface area contributed by atoms with Crippen LogP contribution in [0.15, 0.2) is 66.8 Å². The molecule has 1 atom stereocenters. The smallest absolute Gasteiger partial charge is 0.230 e. The van der Waals surface area contributed by atoms with Gasteiger partial charge in [0.15, 0.2) is 5.82 Å². The van der Waals surface area contributed by atoms with Gasteiger partial charge in [0.05, 0.1) is 10.9 Å². The Labute approximate surface area is 191 Å². The van der Waals surface area contributed by atoms with Crippen molar-refractivity contribution in [3.05, 3.63) is 78.1 Å². The minimum Gasteiger partial charge on any atom is -0.438 e. The second-order valence-electron chi connectivity index (χ2n) is 9.29. The summed E-state index contributed by atoms with van der Waals surface area (Å²) in [5, 5.41) is 0.914. The van der Waals surface area contributed by atoms with Crippen LogP contribution >= 0.6 is 0 Å². The van der Waals surface area contributed by atoms with E-state index in [2.05, 4.69) is 69.9 Å². The second kappa shape index (κ2) is 9.25. The van der Waals surface area contributed by atoms with E-state index in [1.807, 2.05) is 36.4 Å². The third-order valence-electron chi connectivity index (χ3n) is 6.12. The molecule has 166 valence electrons. The fourth-order valence-electron chi connectivity index (χ4n) is 4.13. The van der Waals surface area contributed by atoms with Gasteiger partial charge in [0, 0.05) is 11.6 Å². The summed E-state index contributed by atoms with van der Waals surface area (Å²) < 4.78 is 6.27. The van der Waals surface area contributed by atoms with Crippen LogP contribution in [0.2, 0.25) is 0 Å². The molecule has 0 bridgehead atoms. The molecule has 0 fully saturated rings. The molecular formula is C28H33N3O. The average Bonchev–Trinajstić information content (AvgIpc) is 2.80. The lowest BCUT2D eigenvalue weighted by molar-refractivity contribution is 0.254. The monoisotopic (exact) mass is 427 g/mol. The fourth-order valence-corrected chi connectivity index (χ4v) is 4.13. The Morgan fingerprint density at radius 1 is 0.969 bits per heavy atom. The van der Waals surface area contributed by atoms with Crippen molar-refractivity contribution in [2.45, 2.75) is 52.5 Å². The van der Waals surface area contributed by atoms with E-state index in [1.165, 1.54) is 5.56 Å². The van der Waals surface area contributed by atoms with Gasteiger partial charge in [-0.1, -0.05) is 77.1 Å². The van der Waals surface area contributed by atoms with Gasteiger partial charge in [0.2, 0.25) is 5.88 Å². The molecule has 0 saturated heterocycles. The third kappa shape index (κ3) is 4.76. The highest BCUT2D eigenvalue weighted by Crippen LogP contribution is 2.32. The van der Waals surface area contributed by atoms with Gasteiger partial charge < -0.3 is 4.74 Å². The van der Waals surface area contributed by atoms with Crippen LogP contribution in [0.3, 0.4) is 0 Å². The molecule has 0 amide bonds. The van der Waals surface area contributed by atoms with Gasteiger partial charge in [-0.25, -0.2) is 4.98 Å². The van der Waals surface area contributed by atoms with E-state index in [0.29, 0.717) is 17.7 Å². The predicted octanol–water partition coefficient (Wildman–Crippen LogP) is 6.77. The normalized spacial score (nSPS) is 16.4. The summed E-state index contributed by atoms with van der Waals surface area (Å²) in [6, 6.07) is 16.8. The predicted molar refractivity (Wildman–Crippen MR) is 133 cm³/mol. The van der Waals surface area contributed by atoms with Crippen molar-refractivity contribution in [2.75, 3.05) is 13.1 Å². The van der Waals surface area contributed by atoms with Crippen LogP contribution in [0.25, 0.3) is 16.5 Å². The number of aromatic nitrogens is 2. The molecule has 1 heterocycles. The maximum atomic E-state index is 6.27.